The fraction of sp³-hybridized carbons (Fsp3) is 0.333. The summed E-state index contributed by atoms with van der Waals surface area (Å²) < 4.78 is 0. The highest BCUT2D eigenvalue weighted by molar-refractivity contribution is 5.58. The van der Waals surface area contributed by atoms with Crippen LogP contribution >= 0.6 is 0 Å². The van der Waals surface area contributed by atoms with E-state index >= 15 is 0 Å². The molecule has 0 heterocycles. The van der Waals surface area contributed by atoms with Gasteiger partial charge in [-0.1, -0.05) is 6.92 Å². The third-order valence-corrected chi connectivity index (χ3v) is 1.59. The Bertz CT molecular complexity index is 300. The van der Waals surface area contributed by atoms with Gasteiger partial charge in [-0.05, 0) is 17.7 Å². The van der Waals surface area contributed by atoms with Crippen molar-refractivity contribution in [2.75, 3.05) is 11.9 Å². The first kappa shape index (κ1) is 9.51. The molecule has 4 nitrogen and oxygen atoms in total. The molecule has 0 atom stereocenters. The van der Waals surface area contributed by atoms with Crippen LogP contribution < -0.4 is 5.32 Å². The highest BCUT2D eigenvalue weighted by Gasteiger charge is 1.98. The van der Waals surface area contributed by atoms with E-state index in [0.717, 1.165) is 18.7 Å². The van der Waals surface area contributed by atoms with E-state index < -0.39 is 0 Å². The van der Waals surface area contributed by atoms with E-state index in [-0.39, 0.29) is 11.4 Å². The average molecular weight is 180 g/mol. The summed E-state index contributed by atoms with van der Waals surface area (Å²) in [4.78, 5) is 10.2. The van der Waals surface area contributed by atoms with Crippen molar-refractivity contribution in [1.82, 2.24) is 0 Å². The van der Waals surface area contributed by atoms with Crippen molar-refractivity contribution >= 4 is 11.4 Å². The van der Waals surface area contributed by atoms with Crippen molar-refractivity contribution in [1.29, 1.82) is 0 Å². The molecule has 1 aromatic carbocycles. The van der Waals surface area contributed by atoms with Gasteiger partial charge >= 0.3 is 0 Å². The maximum absolute atomic E-state index is 10.2. The van der Waals surface area contributed by atoms with Crippen LogP contribution in [-0.4, -0.2) is 11.7 Å². The molecule has 0 saturated carbocycles. The Morgan fingerprint density at radius 1 is 1.46 bits per heavy atom. The number of anilines is 1. The zero-order valence-corrected chi connectivity index (χ0v) is 7.45. The van der Waals surface area contributed by atoms with E-state index in [1.54, 1.807) is 12.1 Å². The fourth-order valence-corrected chi connectivity index (χ4v) is 1.02. The number of rotatable bonds is 4. The van der Waals surface area contributed by atoms with Gasteiger partial charge in [0.05, 0.1) is 0 Å². The van der Waals surface area contributed by atoms with Crippen LogP contribution in [0.1, 0.15) is 13.3 Å². The summed E-state index contributed by atoms with van der Waals surface area (Å²) in [5.74, 6) is 0.0516. The van der Waals surface area contributed by atoms with Gasteiger partial charge in [0.15, 0.2) is 0 Å². The monoisotopic (exact) mass is 180 g/mol. The molecule has 0 unspecified atom stereocenters. The van der Waals surface area contributed by atoms with E-state index in [1.165, 1.54) is 6.07 Å². The number of aromatic hydroxyl groups is 1. The van der Waals surface area contributed by atoms with E-state index in [9.17, 15) is 10.0 Å². The Morgan fingerprint density at radius 2 is 2.23 bits per heavy atom. The zero-order valence-electron chi connectivity index (χ0n) is 7.45. The third-order valence-electron chi connectivity index (χ3n) is 1.59. The third kappa shape index (κ3) is 2.74. The Hall–Kier alpha value is -1.58. The van der Waals surface area contributed by atoms with Crippen molar-refractivity contribution < 1.29 is 5.11 Å². The van der Waals surface area contributed by atoms with Gasteiger partial charge in [-0.25, -0.2) is 0 Å². The van der Waals surface area contributed by atoms with Crippen molar-refractivity contribution in [2.24, 2.45) is 5.18 Å². The number of hydrogen-bond acceptors (Lipinski definition) is 4. The minimum absolute atomic E-state index is 0.0516. The summed E-state index contributed by atoms with van der Waals surface area (Å²) in [7, 11) is 0. The number of phenols is 1. The Kier molecular flexibility index (Phi) is 3.25. The lowest BCUT2D eigenvalue weighted by Crippen LogP contribution is -1.98. The molecule has 70 valence electrons. The van der Waals surface area contributed by atoms with E-state index in [2.05, 4.69) is 10.5 Å². The molecule has 0 bridgehead atoms. The molecule has 0 radical (unpaired) electrons. The van der Waals surface area contributed by atoms with Crippen LogP contribution in [0.15, 0.2) is 23.4 Å². The molecular formula is C9H12N2O2. The van der Waals surface area contributed by atoms with E-state index in [0.29, 0.717) is 0 Å². The standard InChI is InChI=1S/C9H12N2O2/c1-2-3-10-7-4-8(11-13)6-9(12)5-7/h4-6,10,12H,2-3H2,1H3. The molecule has 1 aromatic rings. The minimum atomic E-state index is 0.0516. The topological polar surface area (TPSA) is 61.7 Å². The molecule has 4 heteroatoms. The molecule has 0 aliphatic rings. The molecule has 0 aliphatic carbocycles. The number of nitroso groups, excluding NO2 is 1. The Morgan fingerprint density at radius 3 is 2.85 bits per heavy atom. The lowest BCUT2D eigenvalue weighted by molar-refractivity contribution is 0.476. The van der Waals surface area contributed by atoms with Crippen molar-refractivity contribution in [3.63, 3.8) is 0 Å². The second kappa shape index (κ2) is 4.45. The lowest BCUT2D eigenvalue weighted by Gasteiger charge is -2.04. The highest BCUT2D eigenvalue weighted by atomic mass is 16.3. The molecule has 1 rings (SSSR count). The number of nitrogens with one attached hydrogen (secondary N) is 1. The van der Waals surface area contributed by atoms with Gasteiger partial charge in [0.25, 0.3) is 0 Å². The van der Waals surface area contributed by atoms with Gasteiger partial charge in [-0.15, -0.1) is 4.91 Å². The first-order chi connectivity index (χ1) is 6.26. The van der Waals surface area contributed by atoms with Crippen molar-refractivity contribution in [2.45, 2.75) is 13.3 Å². The van der Waals surface area contributed by atoms with Gasteiger partial charge in [-0.2, -0.15) is 0 Å². The minimum Gasteiger partial charge on any atom is -0.508 e. The molecule has 0 saturated heterocycles. The first-order valence-electron chi connectivity index (χ1n) is 4.17. The largest absolute Gasteiger partial charge is 0.508 e. The molecule has 13 heavy (non-hydrogen) atoms. The van der Waals surface area contributed by atoms with Gasteiger partial charge in [0.2, 0.25) is 0 Å². The quantitative estimate of drug-likeness (QED) is 0.700. The Labute approximate surface area is 76.6 Å². The summed E-state index contributed by atoms with van der Waals surface area (Å²) in [6, 6.07) is 4.48. The van der Waals surface area contributed by atoms with E-state index in [1.807, 2.05) is 6.92 Å². The average Bonchev–Trinajstić information content (AvgIpc) is 2.14. The van der Waals surface area contributed by atoms with Gasteiger partial charge in [-0.3, -0.25) is 0 Å². The van der Waals surface area contributed by atoms with Gasteiger partial charge < -0.3 is 10.4 Å². The van der Waals surface area contributed by atoms with Gasteiger partial charge in [0, 0.05) is 24.4 Å². The first-order valence-corrected chi connectivity index (χ1v) is 4.17. The maximum atomic E-state index is 10.2. The van der Waals surface area contributed by atoms with Crippen LogP contribution in [0, 0.1) is 4.91 Å². The van der Waals surface area contributed by atoms with Crippen LogP contribution in [-0.2, 0) is 0 Å². The SMILES string of the molecule is CCCNc1cc(O)cc(N=O)c1. The Balaban J connectivity index is 2.81. The molecule has 2 N–H and O–H groups in total. The summed E-state index contributed by atoms with van der Waals surface area (Å²) in [5.41, 5.74) is 0.954. The smallest absolute Gasteiger partial charge is 0.119 e. The summed E-state index contributed by atoms with van der Waals surface area (Å²) in [6.07, 6.45) is 0.986. The zero-order chi connectivity index (χ0) is 9.68. The second-order valence-electron chi connectivity index (χ2n) is 2.76. The van der Waals surface area contributed by atoms with Crippen LogP contribution in [0.4, 0.5) is 11.4 Å². The number of benzene rings is 1. The number of nitrogens with zero attached hydrogens (tertiary/aromatic N) is 1. The van der Waals surface area contributed by atoms with Gasteiger partial charge in [0.1, 0.15) is 11.4 Å². The molecule has 0 spiro atoms. The second-order valence-corrected chi connectivity index (χ2v) is 2.76. The predicted octanol–water partition coefficient (Wildman–Crippen LogP) is 2.61. The predicted molar refractivity (Wildman–Crippen MR) is 52.3 cm³/mol. The molecule has 0 amide bonds. The number of phenolic OH excluding ortho intramolecular Hbond substituents is 1. The van der Waals surface area contributed by atoms with E-state index in [4.69, 9.17) is 0 Å². The molecule has 0 fully saturated rings. The van der Waals surface area contributed by atoms with Crippen molar-refractivity contribution in [3.05, 3.63) is 23.1 Å². The summed E-state index contributed by atoms with van der Waals surface area (Å²) >= 11 is 0. The molecule has 0 aliphatic heterocycles. The van der Waals surface area contributed by atoms with Crippen LogP contribution in [0.2, 0.25) is 0 Å². The summed E-state index contributed by atoms with van der Waals surface area (Å²) in [5, 5.41) is 15.0. The fourth-order valence-electron chi connectivity index (χ4n) is 1.02. The lowest BCUT2D eigenvalue weighted by atomic mass is 10.2. The number of hydrogen-bond donors (Lipinski definition) is 2. The van der Waals surface area contributed by atoms with Crippen molar-refractivity contribution in [3.8, 4) is 5.75 Å². The maximum Gasteiger partial charge on any atom is 0.119 e. The molecular weight excluding hydrogens is 168 g/mol. The molecule has 0 aromatic heterocycles. The summed E-state index contributed by atoms with van der Waals surface area (Å²) in [6.45, 7) is 2.84. The highest BCUT2D eigenvalue weighted by Crippen LogP contribution is 2.24. The normalized spacial score (nSPS) is 9.62. The van der Waals surface area contributed by atoms with Crippen LogP contribution in [0.25, 0.3) is 0 Å². The van der Waals surface area contributed by atoms with Crippen LogP contribution in [0.3, 0.4) is 0 Å². The van der Waals surface area contributed by atoms with Crippen LogP contribution in [0.5, 0.6) is 5.75 Å².